The highest BCUT2D eigenvalue weighted by Crippen LogP contribution is 2.34. The Morgan fingerprint density at radius 1 is 0.968 bits per heavy atom. The van der Waals surface area contributed by atoms with Gasteiger partial charge in [-0.05, 0) is 102 Å². The molecular weight excluding hydrogens is 503 g/mol. The molecule has 1 amide bonds. The highest BCUT2D eigenvalue weighted by atomic mass is 127. The lowest BCUT2D eigenvalue weighted by Crippen LogP contribution is -2.20. The minimum atomic E-state index is -0.219. The molecule has 0 spiro atoms. The quantitative estimate of drug-likeness (QED) is 0.359. The van der Waals surface area contributed by atoms with Crippen LogP contribution in [0.1, 0.15) is 22.3 Å². The van der Waals surface area contributed by atoms with Crippen molar-refractivity contribution in [2.45, 2.75) is 27.3 Å². The van der Waals surface area contributed by atoms with E-state index in [1.807, 2.05) is 43.3 Å². The van der Waals surface area contributed by atoms with Gasteiger partial charge in [-0.3, -0.25) is 4.79 Å². The molecule has 0 aromatic heterocycles. The van der Waals surface area contributed by atoms with E-state index in [0.29, 0.717) is 18.0 Å². The summed E-state index contributed by atoms with van der Waals surface area (Å²) in [6.45, 7) is 6.75. The second-order valence-electron chi connectivity index (χ2n) is 7.47. The molecule has 0 saturated heterocycles. The van der Waals surface area contributed by atoms with Crippen LogP contribution >= 0.6 is 22.6 Å². The van der Waals surface area contributed by atoms with Crippen LogP contribution in [-0.2, 0) is 11.3 Å². The standard InChI is InChI=1S/C25H27IN2O3/c1-16-6-5-7-21(10-16)28-24(29)15-31-25-22(26)12-19(13-23(25)30-4)14-27-20-9-8-17(2)18(3)11-20/h5-13,27H,14-15H2,1-4H3,(H,28,29). The first-order valence-electron chi connectivity index (χ1n) is 10.0. The number of halogens is 1. The fourth-order valence-corrected chi connectivity index (χ4v) is 3.95. The van der Waals surface area contributed by atoms with Crippen LogP contribution in [0.4, 0.5) is 11.4 Å². The number of aryl methyl sites for hydroxylation is 3. The Morgan fingerprint density at radius 2 is 1.77 bits per heavy atom. The minimum Gasteiger partial charge on any atom is -0.493 e. The molecule has 0 heterocycles. The van der Waals surface area contributed by atoms with Crippen molar-refractivity contribution in [2.75, 3.05) is 24.4 Å². The first-order chi connectivity index (χ1) is 14.9. The van der Waals surface area contributed by atoms with E-state index < -0.39 is 0 Å². The van der Waals surface area contributed by atoms with Gasteiger partial charge in [0.15, 0.2) is 18.1 Å². The van der Waals surface area contributed by atoms with E-state index in [4.69, 9.17) is 9.47 Å². The Kier molecular flexibility index (Phi) is 7.79. The van der Waals surface area contributed by atoms with E-state index in [0.717, 1.165) is 26.1 Å². The predicted octanol–water partition coefficient (Wildman–Crippen LogP) is 5.85. The lowest BCUT2D eigenvalue weighted by molar-refractivity contribution is -0.118. The highest BCUT2D eigenvalue weighted by molar-refractivity contribution is 14.1. The van der Waals surface area contributed by atoms with E-state index in [-0.39, 0.29) is 12.5 Å². The molecule has 6 heteroatoms. The Bertz CT molecular complexity index is 1080. The van der Waals surface area contributed by atoms with Crippen LogP contribution in [0.3, 0.4) is 0 Å². The monoisotopic (exact) mass is 530 g/mol. The molecule has 0 fully saturated rings. The zero-order valence-electron chi connectivity index (χ0n) is 18.2. The van der Waals surface area contributed by atoms with Crippen LogP contribution in [0.2, 0.25) is 0 Å². The predicted molar refractivity (Wildman–Crippen MR) is 134 cm³/mol. The number of hydrogen-bond donors (Lipinski definition) is 2. The lowest BCUT2D eigenvalue weighted by atomic mass is 10.1. The van der Waals surface area contributed by atoms with Gasteiger partial charge in [-0.25, -0.2) is 0 Å². The zero-order chi connectivity index (χ0) is 22.4. The van der Waals surface area contributed by atoms with Gasteiger partial charge < -0.3 is 20.1 Å². The number of carbonyl (C=O) groups is 1. The molecule has 0 aliphatic heterocycles. The van der Waals surface area contributed by atoms with Gasteiger partial charge in [0.2, 0.25) is 0 Å². The average Bonchev–Trinajstić information content (AvgIpc) is 2.73. The summed E-state index contributed by atoms with van der Waals surface area (Å²) in [6, 6.07) is 18.0. The number of hydrogen-bond acceptors (Lipinski definition) is 4. The van der Waals surface area contributed by atoms with E-state index in [9.17, 15) is 4.79 Å². The topological polar surface area (TPSA) is 59.6 Å². The van der Waals surface area contributed by atoms with E-state index in [1.165, 1.54) is 11.1 Å². The molecule has 3 aromatic rings. The van der Waals surface area contributed by atoms with Crippen LogP contribution in [0.5, 0.6) is 11.5 Å². The summed E-state index contributed by atoms with van der Waals surface area (Å²) < 4.78 is 12.2. The third-order valence-electron chi connectivity index (χ3n) is 4.94. The Labute approximate surface area is 197 Å². The second kappa shape index (κ2) is 10.5. The van der Waals surface area contributed by atoms with Gasteiger partial charge in [0.1, 0.15) is 0 Å². The number of amides is 1. The molecule has 0 saturated carbocycles. The molecule has 0 radical (unpaired) electrons. The number of benzene rings is 3. The molecule has 162 valence electrons. The van der Waals surface area contributed by atoms with Crippen molar-refractivity contribution in [3.63, 3.8) is 0 Å². The van der Waals surface area contributed by atoms with Gasteiger partial charge in [-0.15, -0.1) is 0 Å². The van der Waals surface area contributed by atoms with Crippen molar-refractivity contribution in [1.82, 2.24) is 0 Å². The van der Waals surface area contributed by atoms with E-state index in [1.54, 1.807) is 7.11 Å². The normalized spacial score (nSPS) is 10.5. The summed E-state index contributed by atoms with van der Waals surface area (Å²) >= 11 is 2.21. The Hall–Kier alpha value is -2.74. The van der Waals surface area contributed by atoms with Gasteiger partial charge in [0.25, 0.3) is 5.91 Å². The maximum absolute atomic E-state index is 12.3. The molecule has 0 aliphatic rings. The van der Waals surface area contributed by atoms with Crippen LogP contribution in [-0.4, -0.2) is 19.6 Å². The van der Waals surface area contributed by atoms with E-state index >= 15 is 0 Å². The van der Waals surface area contributed by atoms with Crippen LogP contribution in [0.25, 0.3) is 0 Å². The number of ether oxygens (including phenoxy) is 2. The average molecular weight is 530 g/mol. The smallest absolute Gasteiger partial charge is 0.262 e. The maximum Gasteiger partial charge on any atom is 0.262 e. The molecule has 31 heavy (non-hydrogen) atoms. The summed E-state index contributed by atoms with van der Waals surface area (Å²) in [5.74, 6) is 0.952. The molecule has 2 N–H and O–H groups in total. The molecule has 0 bridgehead atoms. The Balaban J connectivity index is 1.64. The fourth-order valence-electron chi connectivity index (χ4n) is 3.13. The van der Waals surface area contributed by atoms with Gasteiger partial charge in [-0.1, -0.05) is 18.2 Å². The number of anilines is 2. The van der Waals surface area contributed by atoms with Crippen molar-refractivity contribution < 1.29 is 14.3 Å². The third-order valence-corrected chi connectivity index (χ3v) is 5.74. The number of nitrogens with one attached hydrogen (secondary N) is 2. The third kappa shape index (κ3) is 6.37. The largest absolute Gasteiger partial charge is 0.493 e. The van der Waals surface area contributed by atoms with Crippen molar-refractivity contribution >= 4 is 39.9 Å². The summed E-state index contributed by atoms with van der Waals surface area (Å²) in [5.41, 5.74) is 6.50. The second-order valence-corrected chi connectivity index (χ2v) is 8.63. The molecule has 3 rings (SSSR count). The number of rotatable bonds is 8. The number of methoxy groups -OCH3 is 1. The highest BCUT2D eigenvalue weighted by Gasteiger charge is 2.14. The van der Waals surface area contributed by atoms with Crippen molar-refractivity contribution in [3.05, 3.63) is 80.4 Å². The minimum absolute atomic E-state index is 0.0967. The summed E-state index contributed by atoms with van der Waals surface area (Å²) in [5, 5.41) is 6.30. The molecular formula is C25H27IN2O3. The summed E-state index contributed by atoms with van der Waals surface area (Å²) in [7, 11) is 1.60. The molecule has 5 nitrogen and oxygen atoms in total. The van der Waals surface area contributed by atoms with Gasteiger partial charge in [0.05, 0.1) is 10.7 Å². The summed E-state index contributed by atoms with van der Waals surface area (Å²) in [6.07, 6.45) is 0. The fraction of sp³-hybridized carbons (Fsp3) is 0.240. The van der Waals surface area contributed by atoms with Gasteiger partial charge in [0, 0.05) is 17.9 Å². The summed E-state index contributed by atoms with van der Waals surface area (Å²) in [4.78, 5) is 12.3. The van der Waals surface area contributed by atoms with E-state index in [2.05, 4.69) is 65.3 Å². The lowest BCUT2D eigenvalue weighted by Gasteiger charge is -2.15. The van der Waals surface area contributed by atoms with Crippen molar-refractivity contribution in [3.8, 4) is 11.5 Å². The number of carbonyl (C=O) groups excluding carboxylic acids is 1. The maximum atomic E-state index is 12.3. The SMILES string of the molecule is COc1cc(CNc2ccc(C)c(C)c2)cc(I)c1OCC(=O)Nc1cccc(C)c1. The van der Waals surface area contributed by atoms with Crippen molar-refractivity contribution in [2.24, 2.45) is 0 Å². The Morgan fingerprint density at radius 3 is 2.48 bits per heavy atom. The van der Waals surface area contributed by atoms with Gasteiger partial charge >= 0.3 is 0 Å². The van der Waals surface area contributed by atoms with Crippen LogP contribution in [0, 0.1) is 24.3 Å². The molecule has 0 aliphatic carbocycles. The zero-order valence-corrected chi connectivity index (χ0v) is 20.4. The van der Waals surface area contributed by atoms with Crippen LogP contribution in [0.15, 0.2) is 54.6 Å². The van der Waals surface area contributed by atoms with Crippen molar-refractivity contribution in [1.29, 1.82) is 0 Å². The molecule has 0 atom stereocenters. The molecule has 0 unspecified atom stereocenters. The van der Waals surface area contributed by atoms with Crippen LogP contribution < -0.4 is 20.1 Å². The van der Waals surface area contributed by atoms with Gasteiger partial charge in [-0.2, -0.15) is 0 Å². The molecule has 3 aromatic carbocycles. The first kappa shape index (κ1) is 22.9. The first-order valence-corrected chi connectivity index (χ1v) is 11.1.